The second-order valence-electron chi connectivity index (χ2n) is 5.24. The average Bonchev–Trinajstić information content (AvgIpc) is 2.83. The van der Waals surface area contributed by atoms with Crippen LogP contribution in [0.4, 0.5) is 0 Å². The first-order valence-electron chi connectivity index (χ1n) is 7.74. The van der Waals surface area contributed by atoms with Crippen molar-refractivity contribution in [2.24, 2.45) is 0 Å². The van der Waals surface area contributed by atoms with Gasteiger partial charge in [0.05, 0.1) is 18.4 Å². The number of fused-ring (bicyclic) bond motifs is 1. The molecule has 1 N–H and O–H groups in total. The van der Waals surface area contributed by atoms with E-state index >= 15 is 0 Å². The first kappa shape index (κ1) is 18.8. The second-order valence-corrected chi connectivity index (χ2v) is 7.25. The maximum atomic E-state index is 10.9. The van der Waals surface area contributed by atoms with Crippen molar-refractivity contribution >= 4 is 38.9 Å². The molecule has 0 atom stereocenters. The van der Waals surface area contributed by atoms with Crippen LogP contribution in [0.5, 0.6) is 0 Å². The Balaban J connectivity index is 2.43. The highest BCUT2D eigenvalue weighted by atomic mass is 35.5. The number of hydrogen-bond donors (Lipinski definition) is 1. The summed E-state index contributed by atoms with van der Waals surface area (Å²) in [6, 6.07) is 5.25. The summed E-state index contributed by atoms with van der Waals surface area (Å²) >= 11 is 6.06. The van der Waals surface area contributed by atoms with Gasteiger partial charge in [-0.15, -0.1) is 0 Å². The van der Waals surface area contributed by atoms with Crippen LogP contribution in [0.1, 0.15) is 32.6 Å². The predicted molar refractivity (Wildman–Crippen MR) is 92.3 cm³/mol. The Morgan fingerprint density at radius 2 is 2.17 bits per heavy atom. The van der Waals surface area contributed by atoms with E-state index in [-0.39, 0.29) is 12.2 Å². The molecule has 132 valence electrons. The number of nitrogens with zero attached hydrogens (tertiary/aromatic N) is 1. The molecule has 6 nitrogen and oxygen atoms in total. The fraction of sp³-hybridized carbons (Fsp3) is 0.438. The van der Waals surface area contributed by atoms with Crippen LogP contribution in [-0.2, 0) is 21.4 Å². The Bertz CT molecular complexity index is 842. The quantitative estimate of drug-likeness (QED) is 0.435. The van der Waals surface area contributed by atoms with Crippen LogP contribution < -0.4 is 4.57 Å². The molecule has 0 aliphatic rings. The van der Waals surface area contributed by atoms with Gasteiger partial charge in [0.15, 0.2) is 6.54 Å². The Morgan fingerprint density at radius 1 is 1.42 bits per heavy atom. The van der Waals surface area contributed by atoms with Gasteiger partial charge in [0.1, 0.15) is 5.76 Å². The van der Waals surface area contributed by atoms with Crippen molar-refractivity contribution in [1.82, 2.24) is 0 Å². The largest absolute Gasteiger partial charge is 0.498 e. The molecule has 0 bridgehead atoms. The monoisotopic (exact) mass is 374 g/mol. The molecule has 0 saturated heterocycles. The van der Waals surface area contributed by atoms with Crippen molar-refractivity contribution < 1.29 is 26.7 Å². The topological polar surface area (TPSA) is 80.6 Å². The highest BCUT2D eigenvalue weighted by Crippen LogP contribution is 2.21. The fourth-order valence-electron chi connectivity index (χ4n) is 2.39. The van der Waals surface area contributed by atoms with E-state index in [1.165, 1.54) is 0 Å². The van der Waals surface area contributed by atoms with Crippen molar-refractivity contribution in [2.45, 2.75) is 33.2 Å². The summed E-state index contributed by atoms with van der Waals surface area (Å²) in [6.45, 7) is 4.79. The zero-order chi connectivity index (χ0) is 17.7. The molecule has 0 fully saturated rings. The maximum Gasteiger partial charge on any atom is 0.377 e. The summed E-state index contributed by atoms with van der Waals surface area (Å²) in [5, 5.41) is 0.558. The van der Waals surface area contributed by atoms with Crippen molar-refractivity contribution in [2.75, 3.05) is 12.4 Å². The molecule has 1 heterocycles. The van der Waals surface area contributed by atoms with Gasteiger partial charge < -0.3 is 9.15 Å². The van der Waals surface area contributed by atoms with Gasteiger partial charge >= 0.3 is 5.89 Å². The van der Waals surface area contributed by atoms with Gasteiger partial charge in [-0.25, -0.2) is 0 Å². The number of hydrogen-bond acceptors (Lipinski definition) is 4. The third kappa shape index (κ3) is 4.96. The Kier molecular flexibility index (Phi) is 6.26. The van der Waals surface area contributed by atoms with Crippen molar-refractivity contribution in [3.8, 4) is 0 Å². The van der Waals surface area contributed by atoms with Crippen molar-refractivity contribution in [1.29, 1.82) is 0 Å². The highest BCUT2D eigenvalue weighted by Gasteiger charge is 2.22. The van der Waals surface area contributed by atoms with Crippen LogP contribution in [-0.4, -0.2) is 25.3 Å². The standard InChI is InChI=1S/C16H20ClNO5S/c1-3-13(22-4-2)11-16-18(8-5-9-24(19,20)21)14-10-12(17)6-7-15(14)23-16/h6-7,10-11H,3-5,8-9H2,1-2H3/p+1. The normalized spacial score (nSPS) is 12.8. The Hall–Kier alpha value is -1.57. The van der Waals surface area contributed by atoms with Crippen LogP contribution in [0.25, 0.3) is 17.2 Å². The molecular weight excluding hydrogens is 354 g/mol. The first-order valence-corrected chi connectivity index (χ1v) is 9.73. The number of allylic oxidation sites excluding steroid dienone is 1. The first-order chi connectivity index (χ1) is 11.3. The lowest BCUT2D eigenvalue weighted by Crippen LogP contribution is -2.36. The van der Waals surface area contributed by atoms with Crippen LogP contribution in [0, 0.1) is 0 Å². The van der Waals surface area contributed by atoms with E-state index in [9.17, 15) is 8.42 Å². The van der Waals surface area contributed by atoms with Gasteiger partial charge in [-0.3, -0.25) is 4.55 Å². The molecule has 0 amide bonds. The zero-order valence-corrected chi connectivity index (χ0v) is 15.2. The Morgan fingerprint density at radius 3 is 2.79 bits per heavy atom. The smallest absolute Gasteiger partial charge is 0.377 e. The van der Waals surface area contributed by atoms with Crippen LogP contribution >= 0.6 is 11.6 Å². The van der Waals surface area contributed by atoms with Gasteiger partial charge in [0, 0.05) is 23.9 Å². The minimum atomic E-state index is -4.00. The SMILES string of the molecule is CCOC(=Cc1oc2ccc(Cl)cc2[n+]1CCCS(=O)(=O)O)CC. The molecule has 0 saturated carbocycles. The zero-order valence-electron chi connectivity index (χ0n) is 13.7. The van der Waals surface area contributed by atoms with E-state index in [0.717, 1.165) is 11.3 Å². The number of benzene rings is 1. The van der Waals surface area contributed by atoms with Crippen LogP contribution in [0.15, 0.2) is 28.4 Å². The predicted octanol–water partition coefficient (Wildman–Crippen LogP) is 3.44. The molecule has 0 radical (unpaired) electrons. The van der Waals surface area contributed by atoms with Crippen molar-refractivity contribution in [3.05, 3.63) is 34.9 Å². The molecule has 0 spiro atoms. The number of aryl methyl sites for hydroxylation is 1. The number of rotatable bonds is 8. The summed E-state index contributed by atoms with van der Waals surface area (Å²) in [5.41, 5.74) is 1.40. The summed E-state index contributed by atoms with van der Waals surface area (Å²) in [4.78, 5) is 0. The van der Waals surface area contributed by atoms with Gasteiger partial charge in [-0.1, -0.05) is 18.5 Å². The molecule has 8 heteroatoms. The van der Waals surface area contributed by atoms with Gasteiger partial charge in [-0.2, -0.15) is 13.0 Å². The molecule has 2 rings (SSSR count). The summed E-state index contributed by atoms with van der Waals surface area (Å²) < 4.78 is 44.0. The number of halogens is 1. The number of ether oxygens (including phenoxy) is 1. The molecule has 0 aliphatic heterocycles. The van der Waals surface area contributed by atoms with Gasteiger partial charge in [0.2, 0.25) is 5.58 Å². The molecular formula is C16H21ClNO5S+. The van der Waals surface area contributed by atoms with E-state index in [1.807, 2.05) is 18.4 Å². The molecule has 24 heavy (non-hydrogen) atoms. The summed E-state index contributed by atoms with van der Waals surface area (Å²) in [7, 11) is -4.00. The molecule has 2 aromatic rings. The summed E-state index contributed by atoms with van der Waals surface area (Å²) in [5.74, 6) is 1.00. The third-order valence-corrected chi connectivity index (χ3v) is 4.48. The molecule has 1 aromatic heterocycles. The maximum absolute atomic E-state index is 10.9. The van der Waals surface area contributed by atoms with Crippen LogP contribution in [0.3, 0.4) is 0 Å². The van der Waals surface area contributed by atoms with E-state index in [0.29, 0.717) is 36.1 Å². The second kappa shape index (κ2) is 8.00. The fourth-order valence-corrected chi connectivity index (χ4v) is 3.05. The van der Waals surface area contributed by atoms with Gasteiger partial charge in [0.25, 0.3) is 15.6 Å². The molecule has 0 aliphatic carbocycles. The van der Waals surface area contributed by atoms with Crippen molar-refractivity contribution in [3.63, 3.8) is 0 Å². The van der Waals surface area contributed by atoms with E-state index < -0.39 is 10.1 Å². The minimum Gasteiger partial charge on any atom is -0.498 e. The van der Waals surface area contributed by atoms with E-state index in [2.05, 4.69) is 0 Å². The number of oxazole rings is 1. The van der Waals surface area contributed by atoms with Crippen LogP contribution in [0.2, 0.25) is 5.02 Å². The highest BCUT2D eigenvalue weighted by molar-refractivity contribution is 7.85. The average molecular weight is 375 g/mol. The van der Waals surface area contributed by atoms with E-state index in [4.69, 9.17) is 25.3 Å². The number of aromatic nitrogens is 1. The summed E-state index contributed by atoms with van der Waals surface area (Å²) in [6.07, 6.45) is 2.75. The minimum absolute atomic E-state index is 0.252. The van der Waals surface area contributed by atoms with E-state index in [1.54, 1.807) is 24.3 Å². The lowest BCUT2D eigenvalue weighted by molar-refractivity contribution is -0.677. The molecule has 1 aromatic carbocycles. The lowest BCUT2D eigenvalue weighted by Gasteiger charge is -2.03. The van der Waals surface area contributed by atoms with Gasteiger partial charge in [-0.05, 0) is 19.1 Å². The Labute approximate surface area is 146 Å². The third-order valence-electron chi connectivity index (χ3n) is 3.44. The lowest BCUT2D eigenvalue weighted by atomic mass is 10.3. The molecule has 0 unspecified atom stereocenters.